The van der Waals surface area contributed by atoms with Gasteiger partial charge in [-0.2, -0.15) is 18.3 Å². The number of ether oxygens (including phenoxy) is 1. The number of hydrazone groups is 1. The fourth-order valence-electron chi connectivity index (χ4n) is 4.95. The van der Waals surface area contributed by atoms with Crippen LogP contribution in [0.2, 0.25) is 0 Å². The Bertz CT molecular complexity index is 1310. The molecule has 2 heterocycles. The van der Waals surface area contributed by atoms with Crippen LogP contribution in [-0.4, -0.2) is 71.7 Å². The van der Waals surface area contributed by atoms with Gasteiger partial charge in [0, 0.05) is 26.6 Å². The van der Waals surface area contributed by atoms with Crippen LogP contribution in [0.25, 0.3) is 0 Å². The second-order valence-corrected chi connectivity index (χ2v) is 10.7. The number of nitrogens with one attached hydrogen (secondary N) is 1. The van der Waals surface area contributed by atoms with Crippen LogP contribution < -0.4 is 15.8 Å². The average molecular weight is 560 g/mol. The molecule has 4 rings (SSSR count). The number of nitrogens with two attached hydrogens (primary N) is 1. The van der Waals surface area contributed by atoms with Gasteiger partial charge in [-0.25, -0.2) is 5.01 Å². The van der Waals surface area contributed by atoms with E-state index in [1.807, 2.05) is 30.3 Å². The van der Waals surface area contributed by atoms with Gasteiger partial charge in [0.05, 0.1) is 16.8 Å². The summed E-state index contributed by atoms with van der Waals surface area (Å²) in [4.78, 5) is 41.4. The molecule has 0 aliphatic carbocycles. The molecular weight excluding hydrogens is 527 g/mol. The second-order valence-electron chi connectivity index (χ2n) is 10.7. The molecule has 40 heavy (non-hydrogen) atoms. The van der Waals surface area contributed by atoms with E-state index < -0.39 is 52.9 Å². The van der Waals surface area contributed by atoms with Gasteiger partial charge in [0.15, 0.2) is 0 Å². The molecule has 2 atom stereocenters. The first-order chi connectivity index (χ1) is 18.7. The van der Waals surface area contributed by atoms with Crippen molar-refractivity contribution >= 4 is 23.4 Å². The Balaban J connectivity index is 1.61. The van der Waals surface area contributed by atoms with Crippen LogP contribution in [0.5, 0.6) is 5.75 Å². The van der Waals surface area contributed by atoms with Crippen molar-refractivity contribution in [2.75, 3.05) is 26.7 Å². The number of halogens is 3. The highest BCUT2D eigenvalue weighted by atomic mass is 19.4. The first-order valence-corrected chi connectivity index (χ1v) is 12.8. The minimum atomic E-state index is -4.68. The van der Waals surface area contributed by atoms with Crippen molar-refractivity contribution in [3.63, 3.8) is 0 Å². The Labute approximate surface area is 230 Å². The van der Waals surface area contributed by atoms with Crippen LogP contribution in [0.4, 0.5) is 13.2 Å². The summed E-state index contributed by atoms with van der Waals surface area (Å²) in [5.41, 5.74) is 3.97. The second kappa shape index (κ2) is 10.9. The molecule has 1 saturated heterocycles. The predicted molar refractivity (Wildman–Crippen MR) is 141 cm³/mol. The number of carbonyl (C=O) groups excluding carboxylic acids is 3. The lowest BCUT2D eigenvalue weighted by Crippen LogP contribution is -2.62. The number of hydrogen-bond donors (Lipinski definition) is 2. The molecule has 0 saturated carbocycles. The van der Waals surface area contributed by atoms with Gasteiger partial charge in [0.1, 0.15) is 23.8 Å². The quantitative estimate of drug-likeness (QED) is 0.516. The maximum absolute atomic E-state index is 13.8. The van der Waals surface area contributed by atoms with Gasteiger partial charge in [-0.3, -0.25) is 14.4 Å². The van der Waals surface area contributed by atoms with Crippen LogP contribution in [0.3, 0.4) is 0 Å². The summed E-state index contributed by atoms with van der Waals surface area (Å²) in [6.45, 7) is 2.49. The number of fused-ring (bicyclic) bond motifs is 1. The number of likely N-dealkylation sites (tertiary alicyclic amines) is 1. The molecule has 0 radical (unpaired) electrons. The summed E-state index contributed by atoms with van der Waals surface area (Å²) in [5.74, 6) is -2.03. The summed E-state index contributed by atoms with van der Waals surface area (Å²) < 4.78 is 46.0. The van der Waals surface area contributed by atoms with Crippen LogP contribution in [0.15, 0.2) is 59.7 Å². The molecule has 0 aromatic heterocycles. The first-order valence-electron chi connectivity index (χ1n) is 12.8. The monoisotopic (exact) mass is 559 g/mol. The Morgan fingerprint density at radius 3 is 2.42 bits per heavy atom. The van der Waals surface area contributed by atoms with Gasteiger partial charge in [0.2, 0.25) is 11.8 Å². The smallest absolute Gasteiger partial charge is 0.419 e. The highest BCUT2D eigenvalue weighted by Crippen LogP contribution is 2.39. The van der Waals surface area contributed by atoms with Crippen molar-refractivity contribution in [2.24, 2.45) is 16.3 Å². The van der Waals surface area contributed by atoms with E-state index in [-0.39, 0.29) is 19.0 Å². The molecule has 0 bridgehead atoms. The Morgan fingerprint density at radius 2 is 1.77 bits per heavy atom. The average Bonchev–Trinajstić information content (AvgIpc) is 3.14. The Morgan fingerprint density at radius 1 is 1.12 bits per heavy atom. The maximum Gasteiger partial charge on any atom is 0.419 e. The number of rotatable bonds is 8. The highest BCUT2D eigenvalue weighted by Gasteiger charge is 2.54. The molecule has 2 aliphatic rings. The number of carbonyl (C=O) groups is 3. The van der Waals surface area contributed by atoms with Gasteiger partial charge in [-0.15, -0.1) is 0 Å². The number of nitrogens with zero attached hydrogens (tertiary/aromatic N) is 3. The van der Waals surface area contributed by atoms with Gasteiger partial charge in [0.25, 0.3) is 5.91 Å². The van der Waals surface area contributed by atoms with Crippen molar-refractivity contribution in [1.29, 1.82) is 0 Å². The van der Waals surface area contributed by atoms with Gasteiger partial charge in [-0.05, 0) is 38.0 Å². The number of piperidine rings is 1. The molecule has 3 N–H and O–H groups in total. The fraction of sp³-hybridized carbons (Fsp3) is 0.429. The number of amides is 3. The summed E-state index contributed by atoms with van der Waals surface area (Å²) in [7, 11) is 1.56. The molecule has 2 aromatic rings. The summed E-state index contributed by atoms with van der Waals surface area (Å²) in [6, 6.07) is 12.6. The van der Waals surface area contributed by atoms with Crippen molar-refractivity contribution in [2.45, 2.75) is 44.4 Å². The van der Waals surface area contributed by atoms with Crippen molar-refractivity contribution in [3.05, 3.63) is 65.7 Å². The molecule has 1 fully saturated rings. The van der Waals surface area contributed by atoms with Gasteiger partial charge in [-0.1, -0.05) is 42.5 Å². The van der Waals surface area contributed by atoms with Crippen LogP contribution in [0.1, 0.15) is 31.4 Å². The fourth-order valence-corrected chi connectivity index (χ4v) is 4.95. The molecular formula is C28H32F3N5O4. The Hall–Kier alpha value is -3.93. The molecule has 0 spiro atoms. The van der Waals surface area contributed by atoms with E-state index in [1.54, 1.807) is 7.05 Å². The van der Waals surface area contributed by atoms with E-state index >= 15 is 0 Å². The summed E-state index contributed by atoms with van der Waals surface area (Å²) in [6.07, 6.45) is -4.06. The van der Waals surface area contributed by atoms with E-state index in [1.165, 1.54) is 35.9 Å². The molecule has 9 nitrogen and oxygen atoms in total. The van der Waals surface area contributed by atoms with Gasteiger partial charge < -0.3 is 20.7 Å². The predicted octanol–water partition coefficient (Wildman–Crippen LogP) is 2.60. The number of benzene rings is 2. The first kappa shape index (κ1) is 29.1. The van der Waals surface area contributed by atoms with E-state index in [0.717, 1.165) is 17.7 Å². The molecule has 2 aliphatic heterocycles. The van der Waals surface area contributed by atoms with Crippen LogP contribution in [0, 0.1) is 5.41 Å². The van der Waals surface area contributed by atoms with Crippen molar-refractivity contribution in [1.82, 2.24) is 15.2 Å². The summed E-state index contributed by atoms with van der Waals surface area (Å²) in [5, 5.41) is 8.25. The zero-order valence-corrected chi connectivity index (χ0v) is 22.5. The number of alkyl halides is 3. The molecule has 12 heteroatoms. The zero-order chi connectivity index (χ0) is 29.3. The molecule has 2 aromatic carbocycles. The highest BCUT2D eigenvalue weighted by molar-refractivity contribution is 6.13. The third kappa shape index (κ3) is 5.96. The minimum Gasteiger partial charge on any atom is -0.490 e. The lowest BCUT2D eigenvalue weighted by atomic mass is 9.73. The number of para-hydroxylation sites is 1. The van der Waals surface area contributed by atoms with E-state index in [9.17, 15) is 27.6 Å². The lowest BCUT2D eigenvalue weighted by Gasteiger charge is -2.40. The Kier molecular flexibility index (Phi) is 7.93. The lowest BCUT2D eigenvalue weighted by molar-refractivity contribution is -0.143. The largest absolute Gasteiger partial charge is 0.490 e. The van der Waals surface area contributed by atoms with Gasteiger partial charge >= 0.3 is 6.18 Å². The van der Waals surface area contributed by atoms with E-state index in [0.29, 0.717) is 18.6 Å². The van der Waals surface area contributed by atoms with E-state index in [2.05, 4.69) is 10.4 Å². The third-order valence-corrected chi connectivity index (χ3v) is 7.05. The summed E-state index contributed by atoms with van der Waals surface area (Å²) >= 11 is 0. The van der Waals surface area contributed by atoms with E-state index in [4.69, 9.17) is 10.5 Å². The molecule has 3 amide bonds. The number of hydrogen-bond acceptors (Lipinski definition) is 6. The van der Waals surface area contributed by atoms with Crippen LogP contribution in [-0.2, 0) is 27.0 Å². The minimum absolute atomic E-state index is 0.0136. The van der Waals surface area contributed by atoms with Crippen molar-refractivity contribution < 1.29 is 32.3 Å². The molecule has 214 valence electrons. The SMILES string of the molecule is CN1N=C2CCN(C(=O)C(COc3ccccc3C(F)(F)F)NC(=O)C(C)(C)N)CC2(Cc2ccccc2)C1=O. The van der Waals surface area contributed by atoms with Crippen molar-refractivity contribution in [3.8, 4) is 5.75 Å². The topological polar surface area (TPSA) is 117 Å². The third-order valence-electron chi connectivity index (χ3n) is 7.05. The maximum atomic E-state index is 13.8. The normalized spacial score (nSPS) is 20.1. The zero-order valence-electron chi connectivity index (χ0n) is 22.5. The van der Waals surface area contributed by atoms with Crippen LogP contribution >= 0.6 is 0 Å². The molecule has 2 unspecified atom stereocenters. The standard InChI is InChI=1S/C28H32F3N5O4/c1-26(2,32)24(38)33-20(16-40-21-12-8-7-11-19(21)28(29,30)31)23(37)36-14-13-22-27(17-36,25(39)35(3)34-22)15-18-9-5-4-6-10-18/h4-12,20H,13-17,32H2,1-3H3,(H,33,38).